The van der Waals surface area contributed by atoms with Crippen molar-refractivity contribution in [2.75, 3.05) is 13.7 Å². The molecular formula is C22H27N3O3S. The Hall–Kier alpha value is -2.54. The van der Waals surface area contributed by atoms with Gasteiger partial charge in [0.1, 0.15) is 0 Å². The van der Waals surface area contributed by atoms with E-state index in [0.717, 1.165) is 22.1 Å². The zero-order valence-corrected chi connectivity index (χ0v) is 18.1. The Balaban J connectivity index is 1.98. The molecule has 29 heavy (non-hydrogen) atoms. The number of hydrogen-bond acceptors (Lipinski definition) is 6. The quantitative estimate of drug-likeness (QED) is 0.685. The third kappa shape index (κ3) is 4.56. The molecule has 6 nitrogen and oxygen atoms in total. The minimum atomic E-state index is -0.390. The van der Waals surface area contributed by atoms with Gasteiger partial charge in [-0.05, 0) is 23.3 Å². The van der Waals surface area contributed by atoms with Crippen LogP contribution >= 0.6 is 11.8 Å². The van der Waals surface area contributed by atoms with E-state index in [4.69, 9.17) is 9.73 Å². The molecule has 0 bridgehead atoms. The van der Waals surface area contributed by atoms with E-state index in [1.807, 2.05) is 47.6 Å². The smallest absolute Gasteiger partial charge is 0.338 e. The number of carbonyl (C=O) groups excluding carboxylic acids is 2. The van der Waals surface area contributed by atoms with Crippen molar-refractivity contribution < 1.29 is 14.3 Å². The summed E-state index contributed by atoms with van der Waals surface area (Å²) < 4.78 is 5.10. The van der Waals surface area contributed by atoms with E-state index in [9.17, 15) is 9.59 Å². The first-order valence-corrected chi connectivity index (χ1v) is 10.7. The predicted molar refractivity (Wildman–Crippen MR) is 116 cm³/mol. The summed E-state index contributed by atoms with van der Waals surface area (Å²) in [6, 6.07) is 9.45. The molecule has 1 aromatic rings. The molecule has 154 valence electrons. The number of methoxy groups -OCH3 is 1. The lowest BCUT2D eigenvalue weighted by Crippen LogP contribution is -2.38. The lowest BCUT2D eigenvalue weighted by molar-refractivity contribution is -0.136. The van der Waals surface area contributed by atoms with Crippen molar-refractivity contribution in [1.82, 2.24) is 10.2 Å². The van der Waals surface area contributed by atoms with Crippen LogP contribution in [-0.2, 0) is 14.3 Å². The molecule has 0 aliphatic carbocycles. The van der Waals surface area contributed by atoms with Crippen LogP contribution in [0, 0.1) is 5.92 Å². The van der Waals surface area contributed by atoms with E-state index < -0.39 is 0 Å². The molecule has 0 radical (unpaired) electrons. The molecule has 0 spiro atoms. The predicted octanol–water partition coefficient (Wildman–Crippen LogP) is 3.99. The van der Waals surface area contributed by atoms with E-state index in [0.29, 0.717) is 24.5 Å². The van der Waals surface area contributed by atoms with Gasteiger partial charge in [-0.1, -0.05) is 62.9 Å². The van der Waals surface area contributed by atoms with E-state index in [1.54, 1.807) is 0 Å². The minimum Gasteiger partial charge on any atom is -0.466 e. The molecule has 1 aromatic carbocycles. The van der Waals surface area contributed by atoms with Gasteiger partial charge in [0.15, 0.2) is 5.17 Å². The fourth-order valence-corrected chi connectivity index (χ4v) is 4.35. The number of carbonyl (C=O) groups is 2. The Morgan fingerprint density at radius 3 is 2.62 bits per heavy atom. The zero-order valence-electron chi connectivity index (χ0n) is 17.3. The highest BCUT2D eigenvalue weighted by Gasteiger charge is 2.41. The van der Waals surface area contributed by atoms with Gasteiger partial charge in [-0.3, -0.25) is 4.79 Å². The van der Waals surface area contributed by atoms with Crippen LogP contribution in [0.2, 0.25) is 0 Å². The molecule has 2 aliphatic rings. The summed E-state index contributed by atoms with van der Waals surface area (Å²) in [5, 5.41) is 5.71. The summed E-state index contributed by atoms with van der Waals surface area (Å²) in [4.78, 5) is 31.9. The number of esters is 1. The van der Waals surface area contributed by atoms with Gasteiger partial charge < -0.3 is 15.0 Å². The van der Waals surface area contributed by atoms with E-state index in [2.05, 4.69) is 19.2 Å². The standard InChI is InChI=1S/C22H27N3O3S/c1-5-17-19(21(27)28-4)20(15-9-7-6-8-10-15)25-16(13-29-22(25)24-17)11-18(26)23-12-14(2)3/h6-10,13-14,20H,5,11-12H2,1-4H3,(H,23,26). The van der Waals surface area contributed by atoms with Crippen molar-refractivity contribution >= 4 is 28.8 Å². The van der Waals surface area contributed by atoms with Crippen molar-refractivity contribution in [1.29, 1.82) is 0 Å². The van der Waals surface area contributed by atoms with Crippen molar-refractivity contribution in [2.45, 2.75) is 39.7 Å². The Labute approximate surface area is 176 Å². The van der Waals surface area contributed by atoms with Crippen LogP contribution < -0.4 is 5.32 Å². The molecule has 2 aliphatic heterocycles. The first kappa shape index (κ1) is 21.2. The Morgan fingerprint density at radius 2 is 2.00 bits per heavy atom. The highest BCUT2D eigenvalue weighted by Crippen LogP contribution is 2.45. The molecule has 2 heterocycles. The maximum absolute atomic E-state index is 12.7. The normalized spacial score (nSPS) is 18.4. The van der Waals surface area contributed by atoms with Gasteiger partial charge in [-0.25, -0.2) is 9.79 Å². The first-order valence-electron chi connectivity index (χ1n) is 9.82. The summed E-state index contributed by atoms with van der Waals surface area (Å²) in [6.45, 7) is 6.74. The number of nitrogens with one attached hydrogen (secondary N) is 1. The van der Waals surface area contributed by atoms with Gasteiger partial charge in [0.2, 0.25) is 5.91 Å². The summed E-state index contributed by atoms with van der Waals surface area (Å²) in [5.74, 6) is -0.0430. The summed E-state index contributed by atoms with van der Waals surface area (Å²) in [6.07, 6.45) is 0.855. The number of allylic oxidation sites excluding steroid dienone is 1. The Kier molecular flexibility index (Phi) is 6.79. The number of hydrogen-bond donors (Lipinski definition) is 1. The van der Waals surface area contributed by atoms with Crippen LogP contribution in [-0.4, -0.2) is 35.6 Å². The van der Waals surface area contributed by atoms with Gasteiger partial charge in [0.25, 0.3) is 0 Å². The highest BCUT2D eigenvalue weighted by molar-refractivity contribution is 8.16. The molecule has 1 unspecified atom stereocenters. The molecule has 1 amide bonds. The Morgan fingerprint density at radius 1 is 1.28 bits per heavy atom. The maximum atomic E-state index is 12.7. The maximum Gasteiger partial charge on any atom is 0.338 e. The lowest BCUT2D eigenvalue weighted by atomic mass is 9.93. The minimum absolute atomic E-state index is 0.0384. The number of fused-ring (bicyclic) bond motifs is 1. The molecule has 1 atom stereocenters. The summed E-state index contributed by atoms with van der Waals surface area (Å²) >= 11 is 1.49. The summed E-state index contributed by atoms with van der Waals surface area (Å²) in [7, 11) is 1.39. The lowest BCUT2D eigenvalue weighted by Gasteiger charge is -2.36. The van der Waals surface area contributed by atoms with Crippen LogP contribution in [0.5, 0.6) is 0 Å². The third-order valence-corrected chi connectivity index (χ3v) is 5.68. The first-order chi connectivity index (χ1) is 14.0. The monoisotopic (exact) mass is 413 g/mol. The molecular weight excluding hydrogens is 386 g/mol. The SMILES string of the molecule is CCC1=C(C(=O)OC)C(c2ccccc2)N2C(CC(=O)NCC(C)C)=CSC2=N1. The van der Waals surface area contributed by atoms with Crippen LogP contribution in [0.15, 0.2) is 57.7 Å². The number of nitrogens with zero attached hydrogens (tertiary/aromatic N) is 2. The van der Waals surface area contributed by atoms with Crippen molar-refractivity contribution in [3.05, 3.63) is 58.3 Å². The number of thioether (sulfide) groups is 1. The second-order valence-electron chi connectivity index (χ2n) is 7.38. The zero-order chi connectivity index (χ0) is 21.0. The molecule has 0 fully saturated rings. The van der Waals surface area contributed by atoms with Crippen LogP contribution in [0.4, 0.5) is 0 Å². The average molecular weight is 414 g/mol. The molecule has 7 heteroatoms. The number of amidine groups is 1. The number of rotatable bonds is 7. The fourth-order valence-electron chi connectivity index (χ4n) is 3.41. The number of aliphatic imine (C=N–C) groups is 1. The van der Waals surface area contributed by atoms with Crippen LogP contribution in [0.1, 0.15) is 45.2 Å². The van der Waals surface area contributed by atoms with E-state index >= 15 is 0 Å². The number of benzene rings is 1. The van der Waals surface area contributed by atoms with Gasteiger partial charge >= 0.3 is 5.97 Å². The fraction of sp³-hybridized carbons (Fsp3) is 0.409. The number of amides is 1. The molecule has 3 rings (SSSR count). The molecule has 1 N–H and O–H groups in total. The van der Waals surface area contributed by atoms with E-state index in [1.165, 1.54) is 18.9 Å². The van der Waals surface area contributed by atoms with Gasteiger partial charge in [-0.2, -0.15) is 0 Å². The second kappa shape index (κ2) is 9.31. The van der Waals surface area contributed by atoms with Gasteiger partial charge in [0, 0.05) is 12.2 Å². The third-order valence-electron chi connectivity index (χ3n) is 4.79. The van der Waals surface area contributed by atoms with Crippen LogP contribution in [0.3, 0.4) is 0 Å². The Bertz CT molecular complexity index is 875. The van der Waals surface area contributed by atoms with Crippen LogP contribution in [0.25, 0.3) is 0 Å². The largest absolute Gasteiger partial charge is 0.466 e. The van der Waals surface area contributed by atoms with Crippen molar-refractivity contribution in [3.8, 4) is 0 Å². The van der Waals surface area contributed by atoms with Crippen molar-refractivity contribution in [2.24, 2.45) is 10.9 Å². The van der Waals surface area contributed by atoms with Crippen molar-refractivity contribution in [3.63, 3.8) is 0 Å². The van der Waals surface area contributed by atoms with E-state index in [-0.39, 0.29) is 24.3 Å². The number of ether oxygens (including phenoxy) is 1. The second-order valence-corrected chi connectivity index (χ2v) is 8.22. The van der Waals surface area contributed by atoms with Gasteiger partial charge in [-0.15, -0.1) is 0 Å². The highest BCUT2D eigenvalue weighted by atomic mass is 32.2. The van der Waals surface area contributed by atoms with Gasteiger partial charge in [0.05, 0.1) is 30.8 Å². The molecule has 0 saturated carbocycles. The average Bonchev–Trinajstić information content (AvgIpc) is 3.13. The summed E-state index contributed by atoms with van der Waals surface area (Å²) in [5.41, 5.74) is 3.05. The molecule has 0 aromatic heterocycles. The topological polar surface area (TPSA) is 71.0 Å². The molecule has 0 saturated heterocycles.